The minimum absolute atomic E-state index is 0.0704. The van der Waals surface area contributed by atoms with Gasteiger partial charge in [0.2, 0.25) is 12.7 Å². The predicted molar refractivity (Wildman–Crippen MR) is 110 cm³/mol. The third kappa shape index (κ3) is 3.68. The lowest BCUT2D eigenvalue weighted by Gasteiger charge is -2.08. The van der Waals surface area contributed by atoms with Crippen molar-refractivity contribution in [2.75, 3.05) is 6.79 Å². The number of amides is 1. The molecule has 1 aliphatic rings. The number of nitrogens with one attached hydrogen (secondary N) is 1. The molecule has 0 fully saturated rings. The van der Waals surface area contributed by atoms with Crippen LogP contribution < -0.4 is 20.3 Å². The number of carbonyl (C=O) groups is 1. The predicted octanol–water partition coefficient (Wildman–Crippen LogP) is 1.68. The van der Waals surface area contributed by atoms with Gasteiger partial charge < -0.3 is 14.8 Å². The van der Waals surface area contributed by atoms with E-state index in [4.69, 9.17) is 21.1 Å². The van der Waals surface area contributed by atoms with Gasteiger partial charge in [0.25, 0.3) is 5.56 Å². The second kappa shape index (κ2) is 7.73. The van der Waals surface area contributed by atoms with Crippen molar-refractivity contribution in [2.24, 2.45) is 0 Å². The fourth-order valence-corrected chi connectivity index (χ4v) is 3.30. The Morgan fingerprint density at radius 2 is 1.94 bits per heavy atom. The van der Waals surface area contributed by atoms with E-state index in [1.165, 1.54) is 15.6 Å². The van der Waals surface area contributed by atoms with Crippen LogP contribution in [0.4, 0.5) is 0 Å². The van der Waals surface area contributed by atoms with Crippen molar-refractivity contribution in [1.29, 1.82) is 0 Å². The van der Waals surface area contributed by atoms with Crippen LogP contribution >= 0.6 is 11.6 Å². The van der Waals surface area contributed by atoms with E-state index in [9.17, 15) is 9.59 Å². The van der Waals surface area contributed by atoms with Gasteiger partial charge in [-0.1, -0.05) is 22.9 Å². The standard InChI is InChI=1S/C20H15ClN6O4/c21-13-2-4-14(5-3-13)27-19-18(24-25-27)20(29)26(10-23-19)9-17(28)22-8-12-1-6-15-16(7-12)31-11-30-15/h1-7,10H,8-9,11H2,(H,22,28). The lowest BCUT2D eigenvalue weighted by Crippen LogP contribution is -2.32. The van der Waals surface area contributed by atoms with Gasteiger partial charge in [-0.2, -0.15) is 4.68 Å². The quantitative estimate of drug-likeness (QED) is 0.504. The molecule has 2 aromatic heterocycles. The number of halogens is 1. The third-order valence-electron chi connectivity index (χ3n) is 4.74. The summed E-state index contributed by atoms with van der Waals surface area (Å²) in [6, 6.07) is 12.3. The summed E-state index contributed by atoms with van der Waals surface area (Å²) in [4.78, 5) is 29.4. The zero-order valence-electron chi connectivity index (χ0n) is 16.0. The number of carbonyl (C=O) groups excluding carboxylic acids is 1. The molecule has 0 unspecified atom stereocenters. The van der Waals surface area contributed by atoms with E-state index >= 15 is 0 Å². The summed E-state index contributed by atoms with van der Waals surface area (Å²) < 4.78 is 13.2. The van der Waals surface area contributed by atoms with Crippen molar-refractivity contribution < 1.29 is 14.3 Å². The number of benzene rings is 2. The number of fused-ring (bicyclic) bond motifs is 2. The zero-order chi connectivity index (χ0) is 21.4. The molecule has 3 heterocycles. The SMILES string of the molecule is O=C(Cn1cnc2c(nnn2-c2ccc(Cl)cc2)c1=O)NCc1ccc2c(c1)OCO2. The van der Waals surface area contributed by atoms with Gasteiger partial charge >= 0.3 is 0 Å². The molecule has 5 rings (SSSR count). The molecule has 10 nitrogen and oxygen atoms in total. The Hall–Kier alpha value is -3.92. The van der Waals surface area contributed by atoms with Gasteiger partial charge in [-0.05, 0) is 42.0 Å². The molecule has 1 aliphatic heterocycles. The maximum absolute atomic E-state index is 12.7. The van der Waals surface area contributed by atoms with Crippen LogP contribution in [0.25, 0.3) is 16.9 Å². The fourth-order valence-electron chi connectivity index (χ4n) is 3.17. The number of nitrogens with zero attached hydrogens (tertiary/aromatic N) is 5. The highest BCUT2D eigenvalue weighted by Gasteiger charge is 2.16. The van der Waals surface area contributed by atoms with E-state index in [0.717, 1.165) is 5.56 Å². The number of aromatic nitrogens is 5. The van der Waals surface area contributed by atoms with Gasteiger partial charge in [-0.3, -0.25) is 14.2 Å². The summed E-state index contributed by atoms with van der Waals surface area (Å²) >= 11 is 5.91. The smallest absolute Gasteiger partial charge is 0.284 e. The van der Waals surface area contributed by atoms with Gasteiger partial charge in [0.1, 0.15) is 12.9 Å². The van der Waals surface area contributed by atoms with Gasteiger partial charge in [-0.25, -0.2) is 4.98 Å². The monoisotopic (exact) mass is 438 g/mol. The molecule has 0 spiro atoms. The van der Waals surface area contributed by atoms with Crippen LogP contribution in [-0.4, -0.2) is 37.2 Å². The van der Waals surface area contributed by atoms with Gasteiger partial charge in [-0.15, -0.1) is 5.10 Å². The average molecular weight is 439 g/mol. The summed E-state index contributed by atoms with van der Waals surface area (Å²) in [5.41, 5.74) is 1.43. The second-order valence-electron chi connectivity index (χ2n) is 6.79. The molecule has 11 heteroatoms. The Balaban J connectivity index is 1.31. The number of ether oxygens (including phenoxy) is 2. The van der Waals surface area contributed by atoms with E-state index in [1.54, 1.807) is 36.4 Å². The molecule has 0 aliphatic carbocycles. The highest BCUT2D eigenvalue weighted by Crippen LogP contribution is 2.32. The largest absolute Gasteiger partial charge is 0.454 e. The van der Waals surface area contributed by atoms with Crippen LogP contribution in [0.1, 0.15) is 5.56 Å². The van der Waals surface area contributed by atoms with Crippen LogP contribution in [0.5, 0.6) is 11.5 Å². The normalized spacial score (nSPS) is 12.3. The Bertz CT molecular complexity index is 1350. The molecular formula is C20H15ClN6O4. The first-order valence-corrected chi connectivity index (χ1v) is 9.68. The van der Waals surface area contributed by atoms with Gasteiger partial charge in [0, 0.05) is 11.6 Å². The van der Waals surface area contributed by atoms with Gasteiger partial charge in [0.05, 0.1) is 5.69 Å². The Labute approximate surface area is 180 Å². The van der Waals surface area contributed by atoms with Crippen molar-refractivity contribution >= 4 is 28.7 Å². The molecule has 1 N–H and O–H groups in total. The summed E-state index contributed by atoms with van der Waals surface area (Å²) in [6.07, 6.45) is 1.31. The van der Waals surface area contributed by atoms with E-state index in [0.29, 0.717) is 27.9 Å². The van der Waals surface area contributed by atoms with Crippen molar-refractivity contribution in [3.05, 3.63) is 69.7 Å². The van der Waals surface area contributed by atoms with Crippen LogP contribution in [-0.2, 0) is 17.9 Å². The van der Waals surface area contributed by atoms with Crippen LogP contribution in [0.3, 0.4) is 0 Å². The van der Waals surface area contributed by atoms with Crippen molar-refractivity contribution in [2.45, 2.75) is 13.1 Å². The molecule has 31 heavy (non-hydrogen) atoms. The van der Waals surface area contributed by atoms with E-state index in [1.807, 2.05) is 6.07 Å². The van der Waals surface area contributed by atoms with E-state index in [-0.39, 0.29) is 31.3 Å². The summed E-state index contributed by atoms with van der Waals surface area (Å²) in [6.45, 7) is 0.277. The maximum atomic E-state index is 12.7. The van der Waals surface area contributed by atoms with Crippen molar-refractivity contribution in [1.82, 2.24) is 29.9 Å². The van der Waals surface area contributed by atoms with E-state index < -0.39 is 5.56 Å². The fraction of sp³-hybridized carbons (Fsp3) is 0.150. The molecular weight excluding hydrogens is 424 g/mol. The first-order valence-electron chi connectivity index (χ1n) is 9.30. The topological polar surface area (TPSA) is 113 Å². The Kier molecular flexibility index (Phi) is 4.75. The number of rotatable bonds is 5. The van der Waals surface area contributed by atoms with Crippen LogP contribution in [0.2, 0.25) is 5.02 Å². The van der Waals surface area contributed by atoms with E-state index in [2.05, 4.69) is 20.6 Å². The molecule has 0 bridgehead atoms. The summed E-state index contributed by atoms with van der Waals surface area (Å²) in [7, 11) is 0. The Morgan fingerprint density at radius 3 is 2.77 bits per heavy atom. The lowest BCUT2D eigenvalue weighted by atomic mass is 10.2. The molecule has 4 aromatic rings. The first-order chi connectivity index (χ1) is 15.1. The zero-order valence-corrected chi connectivity index (χ0v) is 16.7. The molecule has 1 amide bonds. The third-order valence-corrected chi connectivity index (χ3v) is 4.99. The minimum atomic E-state index is -0.455. The molecule has 0 radical (unpaired) electrons. The number of hydrogen-bond donors (Lipinski definition) is 1. The first kappa shape index (κ1) is 19.1. The molecule has 0 saturated heterocycles. The highest BCUT2D eigenvalue weighted by molar-refractivity contribution is 6.30. The van der Waals surface area contributed by atoms with Crippen molar-refractivity contribution in [3.8, 4) is 17.2 Å². The summed E-state index contributed by atoms with van der Waals surface area (Å²) in [5.74, 6) is 0.972. The van der Waals surface area contributed by atoms with Crippen LogP contribution in [0, 0.1) is 0 Å². The summed E-state index contributed by atoms with van der Waals surface area (Å²) in [5, 5.41) is 11.3. The highest BCUT2D eigenvalue weighted by atomic mass is 35.5. The molecule has 2 aromatic carbocycles. The van der Waals surface area contributed by atoms with Crippen LogP contribution in [0.15, 0.2) is 53.6 Å². The molecule has 156 valence electrons. The minimum Gasteiger partial charge on any atom is -0.454 e. The average Bonchev–Trinajstić information content (AvgIpc) is 3.42. The van der Waals surface area contributed by atoms with Crippen molar-refractivity contribution in [3.63, 3.8) is 0 Å². The maximum Gasteiger partial charge on any atom is 0.284 e. The number of hydrogen-bond acceptors (Lipinski definition) is 7. The Morgan fingerprint density at radius 1 is 1.13 bits per heavy atom. The van der Waals surface area contributed by atoms with Gasteiger partial charge in [0.15, 0.2) is 22.7 Å². The lowest BCUT2D eigenvalue weighted by molar-refractivity contribution is -0.121. The molecule has 0 saturated carbocycles. The molecule has 0 atom stereocenters. The second-order valence-corrected chi connectivity index (χ2v) is 7.23.